The number of nitriles is 1. The Morgan fingerprint density at radius 1 is 1.48 bits per heavy atom. The van der Waals surface area contributed by atoms with Crippen LogP contribution in [0.4, 0.5) is 5.69 Å². The van der Waals surface area contributed by atoms with Crippen LogP contribution in [0.1, 0.15) is 11.3 Å². The van der Waals surface area contributed by atoms with E-state index in [9.17, 15) is 0 Å². The van der Waals surface area contributed by atoms with Gasteiger partial charge in [-0.05, 0) is 31.2 Å². The normalized spacial score (nSPS) is 10.9. The predicted molar refractivity (Wildman–Crippen MR) is 87.3 cm³/mol. The predicted octanol–water partition coefficient (Wildman–Crippen LogP) is 1.53. The van der Waals surface area contributed by atoms with Crippen LogP contribution in [0, 0.1) is 23.7 Å². The van der Waals surface area contributed by atoms with Gasteiger partial charge in [0.2, 0.25) is 5.71 Å². The van der Waals surface area contributed by atoms with E-state index in [4.69, 9.17) is 21.1 Å². The molecule has 0 amide bonds. The van der Waals surface area contributed by atoms with Gasteiger partial charge in [0.15, 0.2) is 5.84 Å². The summed E-state index contributed by atoms with van der Waals surface area (Å²) in [6.45, 7) is 2.42. The van der Waals surface area contributed by atoms with E-state index in [-0.39, 0.29) is 11.5 Å². The summed E-state index contributed by atoms with van der Waals surface area (Å²) in [7, 11) is 1.89. The molecular formula is C15H17N7O. The van der Waals surface area contributed by atoms with Crippen LogP contribution in [-0.4, -0.2) is 21.3 Å². The molecule has 8 heteroatoms. The van der Waals surface area contributed by atoms with Gasteiger partial charge in [-0.1, -0.05) is 0 Å². The molecule has 0 aliphatic heterocycles. The molecule has 0 saturated carbocycles. The van der Waals surface area contributed by atoms with Crippen molar-refractivity contribution in [3.8, 4) is 11.8 Å². The van der Waals surface area contributed by atoms with Gasteiger partial charge >= 0.3 is 0 Å². The van der Waals surface area contributed by atoms with Crippen molar-refractivity contribution < 1.29 is 4.74 Å². The van der Waals surface area contributed by atoms with Gasteiger partial charge < -0.3 is 10.5 Å². The SMILES string of the molecule is Cc1c(COc2ccc(N/N=C(\C#N)C(=N)N)cc2)cnn1C. The van der Waals surface area contributed by atoms with Gasteiger partial charge in [-0.25, -0.2) is 0 Å². The van der Waals surface area contributed by atoms with Crippen molar-refractivity contribution in [2.45, 2.75) is 13.5 Å². The number of hydrogen-bond acceptors (Lipinski definition) is 6. The van der Waals surface area contributed by atoms with Crippen LogP contribution in [0.25, 0.3) is 0 Å². The first kappa shape index (κ1) is 16.0. The number of hydrogen-bond donors (Lipinski definition) is 3. The molecule has 0 bridgehead atoms. The number of ether oxygens (including phenoxy) is 1. The molecule has 1 aromatic carbocycles. The highest BCUT2D eigenvalue weighted by atomic mass is 16.5. The van der Waals surface area contributed by atoms with Crippen molar-refractivity contribution in [3.05, 3.63) is 41.7 Å². The quantitative estimate of drug-likeness (QED) is 0.424. The molecular weight excluding hydrogens is 294 g/mol. The standard InChI is InChI=1S/C15H17N7O/c1-10-11(8-19-22(10)2)9-23-13-5-3-12(4-6-13)20-21-14(7-16)15(17)18/h3-6,8,20H,9H2,1-2H3,(H3,17,18)/b21-14+. The van der Waals surface area contributed by atoms with Crippen LogP contribution in [0.3, 0.4) is 0 Å². The summed E-state index contributed by atoms with van der Waals surface area (Å²) < 4.78 is 7.50. The number of aromatic nitrogens is 2. The molecule has 0 spiro atoms. The van der Waals surface area contributed by atoms with Gasteiger partial charge in [-0.15, -0.1) is 0 Å². The highest BCUT2D eigenvalue weighted by molar-refractivity contribution is 6.45. The zero-order valence-corrected chi connectivity index (χ0v) is 12.9. The van der Waals surface area contributed by atoms with E-state index in [2.05, 4.69) is 15.6 Å². The highest BCUT2D eigenvalue weighted by Gasteiger charge is 2.05. The Kier molecular flexibility index (Phi) is 4.94. The molecule has 2 rings (SSSR count). The maximum Gasteiger partial charge on any atom is 0.201 e. The highest BCUT2D eigenvalue weighted by Crippen LogP contribution is 2.17. The molecule has 8 nitrogen and oxygen atoms in total. The van der Waals surface area contributed by atoms with E-state index in [1.54, 1.807) is 41.2 Å². The lowest BCUT2D eigenvalue weighted by molar-refractivity contribution is 0.305. The third kappa shape index (κ3) is 4.07. The van der Waals surface area contributed by atoms with Crippen LogP contribution in [0.5, 0.6) is 5.75 Å². The molecule has 23 heavy (non-hydrogen) atoms. The van der Waals surface area contributed by atoms with Crippen LogP contribution in [0.2, 0.25) is 0 Å². The number of anilines is 1. The Bertz CT molecular complexity index is 768. The molecule has 2 aromatic rings. The first-order valence-electron chi connectivity index (χ1n) is 6.79. The fourth-order valence-corrected chi connectivity index (χ4v) is 1.74. The van der Waals surface area contributed by atoms with Gasteiger partial charge in [0.25, 0.3) is 0 Å². The minimum atomic E-state index is -0.383. The van der Waals surface area contributed by atoms with Crippen molar-refractivity contribution >= 4 is 17.2 Å². The second-order valence-corrected chi connectivity index (χ2v) is 4.79. The number of rotatable bonds is 6. The average molecular weight is 311 g/mol. The molecule has 0 aliphatic carbocycles. The molecule has 118 valence electrons. The summed E-state index contributed by atoms with van der Waals surface area (Å²) in [4.78, 5) is 0. The zero-order valence-electron chi connectivity index (χ0n) is 12.9. The summed E-state index contributed by atoms with van der Waals surface area (Å²) in [5, 5.41) is 23.8. The van der Waals surface area contributed by atoms with Crippen molar-refractivity contribution in [3.63, 3.8) is 0 Å². The van der Waals surface area contributed by atoms with Crippen LogP contribution < -0.4 is 15.9 Å². The van der Waals surface area contributed by atoms with E-state index >= 15 is 0 Å². The molecule has 0 unspecified atom stereocenters. The van der Waals surface area contributed by atoms with Crippen molar-refractivity contribution in [2.24, 2.45) is 17.9 Å². The molecule has 0 radical (unpaired) electrons. The number of amidine groups is 1. The molecule has 0 saturated heterocycles. The van der Waals surface area contributed by atoms with E-state index in [1.807, 2.05) is 14.0 Å². The largest absolute Gasteiger partial charge is 0.489 e. The Morgan fingerprint density at radius 3 is 2.70 bits per heavy atom. The topological polar surface area (TPSA) is 125 Å². The molecule has 4 N–H and O–H groups in total. The number of benzene rings is 1. The smallest absolute Gasteiger partial charge is 0.201 e. The summed E-state index contributed by atoms with van der Waals surface area (Å²) in [6, 6.07) is 8.80. The van der Waals surface area contributed by atoms with E-state index in [1.165, 1.54) is 0 Å². The molecule has 0 fully saturated rings. The lowest BCUT2D eigenvalue weighted by Gasteiger charge is -2.07. The van der Waals surface area contributed by atoms with E-state index < -0.39 is 0 Å². The van der Waals surface area contributed by atoms with E-state index in [0.29, 0.717) is 18.0 Å². The number of hydrazone groups is 1. The van der Waals surface area contributed by atoms with Gasteiger partial charge in [-0.2, -0.15) is 15.5 Å². The van der Waals surface area contributed by atoms with Crippen molar-refractivity contribution in [1.82, 2.24) is 9.78 Å². The van der Waals surface area contributed by atoms with Crippen LogP contribution in [0.15, 0.2) is 35.6 Å². The lowest BCUT2D eigenvalue weighted by atomic mass is 10.3. The minimum Gasteiger partial charge on any atom is -0.489 e. The molecule has 1 aromatic heterocycles. The van der Waals surface area contributed by atoms with Crippen molar-refractivity contribution in [1.29, 1.82) is 10.7 Å². The Balaban J connectivity index is 1.96. The van der Waals surface area contributed by atoms with Crippen LogP contribution >= 0.6 is 0 Å². The maximum atomic E-state index is 8.75. The minimum absolute atomic E-state index is 0.169. The van der Waals surface area contributed by atoms with E-state index in [0.717, 1.165) is 11.3 Å². The monoisotopic (exact) mass is 311 g/mol. The average Bonchev–Trinajstić information content (AvgIpc) is 2.86. The fourth-order valence-electron chi connectivity index (χ4n) is 1.74. The Labute approximate surface area is 133 Å². The first-order chi connectivity index (χ1) is 11.0. The zero-order chi connectivity index (χ0) is 16.8. The number of aryl methyl sites for hydroxylation is 1. The summed E-state index contributed by atoms with van der Waals surface area (Å²) in [6.07, 6.45) is 1.78. The number of nitrogens with one attached hydrogen (secondary N) is 2. The van der Waals surface area contributed by atoms with Gasteiger partial charge in [0.1, 0.15) is 18.4 Å². The summed E-state index contributed by atoms with van der Waals surface area (Å²) >= 11 is 0. The Morgan fingerprint density at radius 2 is 2.17 bits per heavy atom. The summed E-state index contributed by atoms with van der Waals surface area (Å²) in [5.74, 6) is 0.321. The lowest BCUT2D eigenvalue weighted by Crippen LogP contribution is -2.21. The number of nitrogens with zero attached hydrogens (tertiary/aromatic N) is 4. The van der Waals surface area contributed by atoms with Crippen LogP contribution in [-0.2, 0) is 13.7 Å². The second kappa shape index (κ2) is 7.09. The molecule has 0 atom stereocenters. The first-order valence-corrected chi connectivity index (χ1v) is 6.79. The Hall–Kier alpha value is -3.34. The summed E-state index contributed by atoms with van der Waals surface area (Å²) in [5.41, 5.74) is 10.4. The fraction of sp³-hybridized carbons (Fsp3) is 0.200. The van der Waals surface area contributed by atoms with Gasteiger partial charge in [0, 0.05) is 18.3 Å². The number of nitrogens with two attached hydrogens (primary N) is 1. The third-order valence-electron chi connectivity index (χ3n) is 3.24. The van der Waals surface area contributed by atoms with Gasteiger partial charge in [-0.3, -0.25) is 15.5 Å². The van der Waals surface area contributed by atoms with Crippen molar-refractivity contribution in [2.75, 3.05) is 5.43 Å². The second-order valence-electron chi connectivity index (χ2n) is 4.79. The maximum absolute atomic E-state index is 8.75. The van der Waals surface area contributed by atoms with Gasteiger partial charge in [0.05, 0.1) is 11.9 Å². The molecule has 1 heterocycles. The molecule has 0 aliphatic rings. The third-order valence-corrected chi connectivity index (χ3v) is 3.24.